The van der Waals surface area contributed by atoms with Crippen molar-refractivity contribution in [1.82, 2.24) is 10.6 Å². The minimum Gasteiger partial charge on any atom is -0.314 e. The van der Waals surface area contributed by atoms with E-state index in [1.165, 1.54) is 64.3 Å². The third-order valence-corrected chi connectivity index (χ3v) is 5.54. The van der Waals surface area contributed by atoms with E-state index in [1.54, 1.807) is 0 Å². The standard InChI is InChI=1S/C16H30N2/c1-12(9-15-5-3-2-4-8-17-15)18-16-11-13-6-7-14(16)10-13/h12-18H,2-11H2,1H3. The molecular formula is C16H30N2. The van der Waals surface area contributed by atoms with Crippen LogP contribution in [0.4, 0.5) is 0 Å². The van der Waals surface area contributed by atoms with Crippen LogP contribution < -0.4 is 10.6 Å². The summed E-state index contributed by atoms with van der Waals surface area (Å²) < 4.78 is 0. The highest BCUT2D eigenvalue weighted by Gasteiger charge is 2.39. The Labute approximate surface area is 112 Å². The molecule has 2 bridgehead atoms. The van der Waals surface area contributed by atoms with Crippen molar-refractivity contribution in [3.8, 4) is 0 Å². The zero-order valence-electron chi connectivity index (χ0n) is 12.0. The first-order chi connectivity index (χ1) is 8.81. The Hall–Kier alpha value is -0.0800. The van der Waals surface area contributed by atoms with Gasteiger partial charge in [0.15, 0.2) is 0 Å². The molecule has 0 aromatic rings. The van der Waals surface area contributed by atoms with Gasteiger partial charge < -0.3 is 10.6 Å². The van der Waals surface area contributed by atoms with Crippen molar-refractivity contribution in [2.24, 2.45) is 11.8 Å². The zero-order valence-corrected chi connectivity index (χ0v) is 12.0. The number of nitrogens with one attached hydrogen (secondary N) is 2. The molecule has 0 amide bonds. The van der Waals surface area contributed by atoms with Crippen LogP contribution in [0.2, 0.25) is 0 Å². The van der Waals surface area contributed by atoms with Crippen molar-refractivity contribution in [2.45, 2.75) is 82.8 Å². The molecule has 1 saturated heterocycles. The SMILES string of the molecule is CC(CC1CCCCCN1)NC1CC2CCC1C2. The Morgan fingerprint density at radius 3 is 2.83 bits per heavy atom. The van der Waals surface area contributed by atoms with E-state index in [1.807, 2.05) is 0 Å². The van der Waals surface area contributed by atoms with Crippen molar-refractivity contribution in [3.63, 3.8) is 0 Å². The molecule has 0 spiro atoms. The number of rotatable bonds is 4. The van der Waals surface area contributed by atoms with E-state index >= 15 is 0 Å². The van der Waals surface area contributed by atoms with E-state index in [-0.39, 0.29) is 0 Å². The van der Waals surface area contributed by atoms with Gasteiger partial charge in [0.1, 0.15) is 0 Å². The van der Waals surface area contributed by atoms with Crippen LogP contribution in [0.5, 0.6) is 0 Å². The molecule has 3 aliphatic rings. The fourth-order valence-corrected chi connectivity index (χ4v) is 4.61. The Bertz CT molecular complexity index is 258. The highest BCUT2D eigenvalue weighted by atomic mass is 15.0. The summed E-state index contributed by atoms with van der Waals surface area (Å²) in [5.74, 6) is 2.08. The Morgan fingerprint density at radius 1 is 1.11 bits per heavy atom. The average molecular weight is 250 g/mol. The van der Waals surface area contributed by atoms with Crippen LogP contribution in [0, 0.1) is 11.8 Å². The molecule has 0 aromatic carbocycles. The predicted octanol–water partition coefficient (Wildman–Crippen LogP) is 3.08. The predicted molar refractivity (Wildman–Crippen MR) is 76.7 cm³/mol. The van der Waals surface area contributed by atoms with E-state index in [4.69, 9.17) is 0 Å². The van der Waals surface area contributed by atoms with Gasteiger partial charge in [-0.2, -0.15) is 0 Å². The molecule has 0 radical (unpaired) electrons. The molecule has 0 aromatic heterocycles. The van der Waals surface area contributed by atoms with Crippen LogP contribution in [0.3, 0.4) is 0 Å². The van der Waals surface area contributed by atoms with E-state index in [0.717, 1.165) is 23.9 Å². The summed E-state index contributed by atoms with van der Waals surface area (Å²) in [4.78, 5) is 0. The first kappa shape index (κ1) is 12.9. The largest absolute Gasteiger partial charge is 0.314 e. The van der Waals surface area contributed by atoms with Crippen LogP contribution >= 0.6 is 0 Å². The molecule has 3 rings (SSSR count). The summed E-state index contributed by atoms with van der Waals surface area (Å²) in [6.45, 7) is 3.64. The van der Waals surface area contributed by atoms with Crippen LogP contribution in [-0.4, -0.2) is 24.7 Å². The van der Waals surface area contributed by atoms with Gasteiger partial charge in [0.25, 0.3) is 0 Å². The normalized spacial score (nSPS) is 41.8. The summed E-state index contributed by atoms with van der Waals surface area (Å²) in [5.41, 5.74) is 0. The van der Waals surface area contributed by atoms with Gasteiger partial charge in [-0.1, -0.05) is 19.3 Å². The third kappa shape index (κ3) is 3.08. The Kier molecular flexibility index (Phi) is 4.25. The number of hydrogen-bond acceptors (Lipinski definition) is 2. The van der Waals surface area contributed by atoms with Gasteiger partial charge in [-0.15, -0.1) is 0 Å². The van der Waals surface area contributed by atoms with Crippen molar-refractivity contribution >= 4 is 0 Å². The summed E-state index contributed by atoms with van der Waals surface area (Å²) in [6, 6.07) is 2.32. The van der Waals surface area contributed by atoms with Crippen molar-refractivity contribution < 1.29 is 0 Å². The van der Waals surface area contributed by atoms with Gasteiger partial charge >= 0.3 is 0 Å². The van der Waals surface area contributed by atoms with Crippen LogP contribution in [0.25, 0.3) is 0 Å². The second-order valence-electron chi connectivity index (χ2n) is 7.09. The Morgan fingerprint density at radius 2 is 2.06 bits per heavy atom. The molecule has 5 atom stereocenters. The fourth-order valence-electron chi connectivity index (χ4n) is 4.61. The van der Waals surface area contributed by atoms with E-state index < -0.39 is 0 Å². The summed E-state index contributed by atoms with van der Waals surface area (Å²) in [5, 5.41) is 7.67. The molecule has 1 aliphatic heterocycles. The minimum absolute atomic E-state index is 0.699. The maximum atomic E-state index is 3.94. The molecule has 2 N–H and O–H groups in total. The lowest BCUT2D eigenvalue weighted by Crippen LogP contribution is -2.43. The van der Waals surface area contributed by atoms with Crippen LogP contribution in [-0.2, 0) is 0 Å². The second-order valence-corrected chi connectivity index (χ2v) is 7.09. The van der Waals surface area contributed by atoms with Crippen LogP contribution in [0.15, 0.2) is 0 Å². The molecule has 2 heteroatoms. The third-order valence-electron chi connectivity index (χ3n) is 5.54. The molecule has 104 valence electrons. The van der Waals surface area contributed by atoms with Gasteiger partial charge in [-0.25, -0.2) is 0 Å². The van der Waals surface area contributed by atoms with E-state index in [2.05, 4.69) is 17.6 Å². The maximum Gasteiger partial charge on any atom is 0.0101 e. The van der Waals surface area contributed by atoms with Gasteiger partial charge in [0, 0.05) is 18.1 Å². The fraction of sp³-hybridized carbons (Fsp3) is 1.00. The van der Waals surface area contributed by atoms with Crippen molar-refractivity contribution in [1.29, 1.82) is 0 Å². The summed E-state index contributed by atoms with van der Waals surface area (Å²) in [7, 11) is 0. The van der Waals surface area contributed by atoms with Gasteiger partial charge in [0.2, 0.25) is 0 Å². The highest BCUT2D eigenvalue weighted by molar-refractivity contribution is 4.95. The summed E-state index contributed by atoms with van der Waals surface area (Å²) >= 11 is 0. The number of hydrogen-bond donors (Lipinski definition) is 2. The first-order valence-corrected chi connectivity index (χ1v) is 8.30. The highest BCUT2D eigenvalue weighted by Crippen LogP contribution is 2.44. The average Bonchev–Trinajstić information content (AvgIpc) is 2.86. The summed E-state index contributed by atoms with van der Waals surface area (Å²) in [6.07, 6.45) is 13.0. The monoisotopic (exact) mass is 250 g/mol. The molecule has 3 fully saturated rings. The lowest BCUT2D eigenvalue weighted by molar-refractivity contribution is 0.301. The molecule has 2 aliphatic carbocycles. The Balaban J connectivity index is 1.42. The lowest BCUT2D eigenvalue weighted by Gasteiger charge is -2.29. The van der Waals surface area contributed by atoms with Gasteiger partial charge in [0.05, 0.1) is 0 Å². The first-order valence-electron chi connectivity index (χ1n) is 8.30. The quantitative estimate of drug-likeness (QED) is 0.801. The second kappa shape index (κ2) is 5.92. The molecule has 5 unspecified atom stereocenters. The molecule has 18 heavy (non-hydrogen) atoms. The number of fused-ring (bicyclic) bond motifs is 2. The van der Waals surface area contributed by atoms with Crippen molar-refractivity contribution in [3.05, 3.63) is 0 Å². The molecule has 2 nitrogen and oxygen atoms in total. The molecule has 2 saturated carbocycles. The van der Waals surface area contributed by atoms with E-state index in [9.17, 15) is 0 Å². The zero-order chi connectivity index (χ0) is 12.4. The van der Waals surface area contributed by atoms with Gasteiger partial charge in [-0.05, 0) is 63.8 Å². The van der Waals surface area contributed by atoms with E-state index in [0.29, 0.717) is 6.04 Å². The lowest BCUT2D eigenvalue weighted by atomic mass is 9.94. The van der Waals surface area contributed by atoms with Crippen molar-refractivity contribution in [2.75, 3.05) is 6.54 Å². The van der Waals surface area contributed by atoms with Crippen LogP contribution in [0.1, 0.15) is 64.7 Å². The molecular weight excluding hydrogens is 220 g/mol. The van der Waals surface area contributed by atoms with Gasteiger partial charge in [-0.3, -0.25) is 0 Å². The minimum atomic E-state index is 0.699. The molecule has 1 heterocycles. The smallest absolute Gasteiger partial charge is 0.0101 e. The maximum absolute atomic E-state index is 3.94. The topological polar surface area (TPSA) is 24.1 Å².